The summed E-state index contributed by atoms with van der Waals surface area (Å²) in [5.74, 6) is 0.743. The van der Waals surface area contributed by atoms with Gasteiger partial charge in [-0.25, -0.2) is 8.42 Å². The summed E-state index contributed by atoms with van der Waals surface area (Å²) in [7, 11) is -3.69. The molecule has 0 unspecified atom stereocenters. The fourth-order valence-corrected chi connectivity index (χ4v) is 6.59. The number of thiophene rings is 1. The fourth-order valence-electron chi connectivity index (χ4n) is 3.17. The molecule has 9 heteroatoms. The molecule has 0 bridgehead atoms. The SMILES string of the molecule is CCCSc1ccc(S(=O)(=O)c2ccc(CNC(=O)c3cc4ccncc4s3)cc2)cc1Cl. The molecular formula is C24H21ClN2O3S3. The molecule has 2 aromatic carbocycles. The predicted octanol–water partition coefficient (Wildman–Crippen LogP) is 6.21. The number of nitrogens with one attached hydrogen (secondary N) is 1. The Bertz CT molecular complexity index is 1370. The summed E-state index contributed by atoms with van der Waals surface area (Å²) in [6.07, 6.45) is 4.44. The third-order valence-electron chi connectivity index (χ3n) is 4.91. The van der Waals surface area contributed by atoms with Gasteiger partial charge in [-0.2, -0.15) is 0 Å². The molecule has 0 saturated carbocycles. The van der Waals surface area contributed by atoms with Crippen molar-refractivity contribution in [1.29, 1.82) is 0 Å². The molecule has 4 aromatic rings. The summed E-state index contributed by atoms with van der Waals surface area (Å²) in [5.41, 5.74) is 0.800. The Morgan fingerprint density at radius 3 is 2.55 bits per heavy atom. The van der Waals surface area contributed by atoms with Gasteiger partial charge in [0.05, 0.1) is 24.4 Å². The van der Waals surface area contributed by atoms with Gasteiger partial charge < -0.3 is 5.32 Å². The lowest BCUT2D eigenvalue weighted by molar-refractivity contribution is 0.0955. The second-order valence-electron chi connectivity index (χ2n) is 7.29. The van der Waals surface area contributed by atoms with Crippen molar-refractivity contribution in [2.75, 3.05) is 5.75 Å². The monoisotopic (exact) mass is 516 g/mol. The molecule has 2 aromatic heterocycles. The van der Waals surface area contributed by atoms with E-state index in [-0.39, 0.29) is 15.7 Å². The van der Waals surface area contributed by atoms with Crippen molar-refractivity contribution in [3.8, 4) is 0 Å². The summed E-state index contributed by atoms with van der Waals surface area (Å²) >= 11 is 9.29. The fraction of sp³-hybridized carbons (Fsp3) is 0.167. The highest BCUT2D eigenvalue weighted by molar-refractivity contribution is 7.99. The van der Waals surface area contributed by atoms with Crippen LogP contribution in [0.3, 0.4) is 0 Å². The smallest absolute Gasteiger partial charge is 0.261 e. The topological polar surface area (TPSA) is 76.1 Å². The molecule has 4 rings (SSSR count). The van der Waals surface area contributed by atoms with Gasteiger partial charge in [0, 0.05) is 23.8 Å². The van der Waals surface area contributed by atoms with Crippen LogP contribution in [0.5, 0.6) is 0 Å². The van der Waals surface area contributed by atoms with Crippen LogP contribution in [0.4, 0.5) is 0 Å². The van der Waals surface area contributed by atoms with Gasteiger partial charge >= 0.3 is 0 Å². The molecule has 0 fully saturated rings. The number of carbonyl (C=O) groups excluding carboxylic acids is 1. The molecule has 0 atom stereocenters. The van der Waals surface area contributed by atoms with Gasteiger partial charge in [0.1, 0.15) is 0 Å². The van der Waals surface area contributed by atoms with Crippen LogP contribution in [0.2, 0.25) is 5.02 Å². The largest absolute Gasteiger partial charge is 0.347 e. The maximum Gasteiger partial charge on any atom is 0.261 e. The van der Waals surface area contributed by atoms with Crippen molar-refractivity contribution in [2.45, 2.75) is 34.6 Å². The van der Waals surface area contributed by atoms with E-state index in [1.54, 1.807) is 60.6 Å². The third kappa shape index (κ3) is 5.41. The molecule has 0 saturated heterocycles. The van der Waals surface area contributed by atoms with Crippen LogP contribution in [0.1, 0.15) is 28.6 Å². The molecule has 1 N–H and O–H groups in total. The lowest BCUT2D eigenvalue weighted by Gasteiger charge is -2.09. The van der Waals surface area contributed by atoms with Gasteiger partial charge in [0.15, 0.2) is 0 Å². The summed E-state index contributed by atoms with van der Waals surface area (Å²) in [6, 6.07) is 15.1. The van der Waals surface area contributed by atoms with Crippen LogP contribution in [0.15, 0.2) is 81.7 Å². The average Bonchev–Trinajstić information content (AvgIpc) is 3.26. The maximum absolute atomic E-state index is 13.0. The third-order valence-corrected chi connectivity index (χ3v) is 9.46. The van der Waals surface area contributed by atoms with Crippen molar-refractivity contribution in [3.63, 3.8) is 0 Å². The van der Waals surface area contributed by atoms with Gasteiger partial charge in [-0.05, 0) is 65.6 Å². The van der Waals surface area contributed by atoms with Gasteiger partial charge in [0.2, 0.25) is 9.84 Å². The Labute approximate surface area is 206 Å². The first-order valence-electron chi connectivity index (χ1n) is 10.3. The van der Waals surface area contributed by atoms with E-state index in [1.165, 1.54) is 17.4 Å². The standard InChI is InChI=1S/C24H21ClN2O3S3/c1-2-11-31-21-8-7-19(13-20(21)25)33(29,30)18-5-3-16(4-6-18)14-27-24(28)22-12-17-9-10-26-15-23(17)32-22/h3-10,12-13,15H,2,11,14H2,1H3,(H,27,28). The summed E-state index contributed by atoms with van der Waals surface area (Å²) in [6.45, 7) is 2.37. The van der Waals surface area contributed by atoms with Crippen LogP contribution in [0, 0.1) is 0 Å². The summed E-state index contributed by atoms with van der Waals surface area (Å²) < 4.78 is 27.0. The molecule has 170 valence electrons. The van der Waals surface area contributed by atoms with Crippen LogP contribution < -0.4 is 5.32 Å². The first-order chi connectivity index (χ1) is 15.9. The van der Waals surface area contributed by atoms with E-state index in [0.29, 0.717) is 16.4 Å². The second kappa shape index (κ2) is 10.3. The Morgan fingerprint density at radius 1 is 1.09 bits per heavy atom. The summed E-state index contributed by atoms with van der Waals surface area (Å²) in [4.78, 5) is 18.4. The van der Waals surface area contributed by atoms with E-state index < -0.39 is 9.84 Å². The number of sulfone groups is 1. The molecule has 33 heavy (non-hydrogen) atoms. The zero-order valence-corrected chi connectivity index (χ0v) is 21.0. The molecule has 0 spiro atoms. The number of rotatable bonds is 8. The number of amides is 1. The van der Waals surface area contributed by atoms with Gasteiger partial charge in [-0.3, -0.25) is 9.78 Å². The predicted molar refractivity (Wildman–Crippen MR) is 135 cm³/mol. The zero-order chi connectivity index (χ0) is 23.4. The van der Waals surface area contributed by atoms with Crippen LogP contribution >= 0.6 is 34.7 Å². The van der Waals surface area contributed by atoms with Crippen LogP contribution in [-0.4, -0.2) is 25.1 Å². The number of pyridine rings is 1. The number of benzene rings is 2. The Balaban J connectivity index is 1.44. The van der Waals surface area contributed by atoms with Crippen molar-refractivity contribution >= 4 is 60.5 Å². The second-order valence-corrected chi connectivity index (χ2v) is 11.9. The first-order valence-corrected chi connectivity index (χ1v) is 13.9. The molecule has 0 aliphatic carbocycles. The zero-order valence-electron chi connectivity index (χ0n) is 17.7. The molecule has 2 heterocycles. The van der Waals surface area contributed by atoms with Crippen molar-refractivity contribution in [2.24, 2.45) is 0 Å². The van der Waals surface area contributed by atoms with E-state index >= 15 is 0 Å². The minimum Gasteiger partial charge on any atom is -0.347 e. The number of nitrogens with zero attached hydrogens (tertiary/aromatic N) is 1. The van der Waals surface area contributed by atoms with Gasteiger partial charge in [-0.1, -0.05) is 30.7 Å². The normalized spacial score (nSPS) is 11.6. The van der Waals surface area contributed by atoms with E-state index in [0.717, 1.165) is 32.7 Å². The Hall–Kier alpha value is -2.39. The maximum atomic E-state index is 13.0. The molecule has 0 radical (unpaired) electrons. The van der Waals surface area contributed by atoms with Gasteiger partial charge in [0.25, 0.3) is 5.91 Å². The number of hydrogen-bond donors (Lipinski definition) is 1. The number of hydrogen-bond acceptors (Lipinski definition) is 6. The molecule has 5 nitrogen and oxygen atoms in total. The number of carbonyl (C=O) groups is 1. The van der Waals surface area contributed by atoms with Crippen molar-refractivity contribution in [1.82, 2.24) is 10.3 Å². The first kappa shape index (κ1) is 23.8. The number of aromatic nitrogens is 1. The lowest BCUT2D eigenvalue weighted by Crippen LogP contribution is -2.21. The van der Waals surface area contributed by atoms with E-state index in [2.05, 4.69) is 17.2 Å². The number of thioether (sulfide) groups is 1. The van der Waals surface area contributed by atoms with E-state index in [1.807, 2.05) is 12.1 Å². The molecular weight excluding hydrogens is 496 g/mol. The Morgan fingerprint density at radius 2 is 1.85 bits per heavy atom. The molecule has 0 aliphatic rings. The van der Waals surface area contributed by atoms with E-state index in [4.69, 9.17) is 11.6 Å². The van der Waals surface area contributed by atoms with E-state index in [9.17, 15) is 13.2 Å². The van der Waals surface area contributed by atoms with Crippen molar-refractivity contribution < 1.29 is 13.2 Å². The number of fused-ring (bicyclic) bond motifs is 1. The van der Waals surface area contributed by atoms with Crippen molar-refractivity contribution in [3.05, 3.63) is 82.5 Å². The van der Waals surface area contributed by atoms with Crippen LogP contribution in [-0.2, 0) is 16.4 Å². The quantitative estimate of drug-likeness (QED) is 0.281. The lowest BCUT2D eigenvalue weighted by atomic mass is 10.2. The molecule has 0 aliphatic heterocycles. The highest BCUT2D eigenvalue weighted by Gasteiger charge is 2.19. The highest BCUT2D eigenvalue weighted by Crippen LogP contribution is 2.32. The number of halogens is 1. The minimum absolute atomic E-state index is 0.161. The summed E-state index contributed by atoms with van der Waals surface area (Å²) in [5, 5.41) is 4.29. The highest BCUT2D eigenvalue weighted by atomic mass is 35.5. The van der Waals surface area contributed by atoms with Crippen LogP contribution in [0.25, 0.3) is 10.1 Å². The minimum atomic E-state index is -3.69. The Kier molecular flexibility index (Phi) is 7.38. The van der Waals surface area contributed by atoms with Gasteiger partial charge in [-0.15, -0.1) is 23.1 Å². The molecule has 1 amide bonds. The average molecular weight is 517 g/mol.